The number of pyridine rings is 1. The molecule has 0 saturated carbocycles. The summed E-state index contributed by atoms with van der Waals surface area (Å²) in [6, 6.07) is 3.77. The van der Waals surface area contributed by atoms with Gasteiger partial charge in [-0.2, -0.15) is 18.4 Å². The Bertz CT molecular complexity index is 449. The van der Waals surface area contributed by atoms with Crippen LogP contribution in [0.4, 0.5) is 19.0 Å². The third-order valence-electron chi connectivity index (χ3n) is 2.62. The van der Waals surface area contributed by atoms with Gasteiger partial charge in [-0.15, -0.1) is 0 Å². The van der Waals surface area contributed by atoms with Crippen molar-refractivity contribution in [1.29, 1.82) is 5.26 Å². The molecule has 0 fully saturated rings. The number of anilines is 1. The number of alkyl halides is 3. The van der Waals surface area contributed by atoms with Crippen molar-refractivity contribution in [2.24, 2.45) is 5.92 Å². The van der Waals surface area contributed by atoms with E-state index in [1.54, 1.807) is 0 Å². The number of aromatic nitrogens is 1. The number of hydrogen-bond donors (Lipinski definition) is 1. The van der Waals surface area contributed by atoms with Crippen molar-refractivity contribution < 1.29 is 13.2 Å². The molecule has 0 bridgehead atoms. The molecule has 18 heavy (non-hydrogen) atoms. The van der Waals surface area contributed by atoms with Crippen LogP contribution in [0.1, 0.15) is 31.5 Å². The van der Waals surface area contributed by atoms with Gasteiger partial charge >= 0.3 is 6.18 Å². The molecule has 1 heterocycles. The lowest BCUT2D eigenvalue weighted by Gasteiger charge is -2.13. The van der Waals surface area contributed by atoms with Crippen LogP contribution in [0.5, 0.6) is 0 Å². The fourth-order valence-corrected chi connectivity index (χ4v) is 1.26. The van der Waals surface area contributed by atoms with Crippen molar-refractivity contribution in [2.75, 3.05) is 11.9 Å². The van der Waals surface area contributed by atoms with E-state index in [2.05, 4.69) is 10.3 Å². The van der Waals surface area contributed by atoms with Gasteiger partial charge in [0.05, 0.1) is 5.56 Å². The minimum Gasteiger partial charge on any atom is -0.369 e. The third kappa shape index (κ3) is 3.62. The zero-order valence-electron chi connectivity index (χ0n) is 10.2. The van der Waals surface area contributed by atoms with Gasteiger partial charge in [-0.3, -0.25) is 0 Å². The second-order valence-corrected chi connectivity index (χ2v) is 4.10. The van der Waals surface area contributed by atoms with Gasteiger partial charge < -0.3 is 5.32 Å². The molecule has 0 amide bonds. The van der Waals surface area contributed by atoms with E-state index < -0.39 is 11.9 Å². The molecule has 3 nitrogen and oxygen atoms in total. The van der Waals surface area contributed by atoms with E-state index in [4.69, 9.17) is 5.26 Å². The fraction of sp³-hybridized carbons (Fsp3) is 0.500. The van der Waals surface area contributed by atoms with Crippen LogP contribution < -0.4 is 5.32 Å². The molecule has 1 atom stereocenters. The van der Waals surface area contributed by atoms with Crippen LogP contribution in [0.15, 0.2) is 12.1 Å². The summed E-state index contributed by atoms with van der Waals surface area (Å²) in [5.41, 5.74) is -0.876. The van der Waals surface area contributed by atoms with Crippen LogP contribution in [0.3, 0.4) is 0 Å². The van der Waals surface area contributed by atoms with E-state index in [9.17, 15) is 13.2 Å². The standard InChI is InChI=1S/C12H14F3N3/c1-3-8(2)7-17-11-9(6-16)4-5-10(18-11)12(13,14)15/h4-5,8H,3,7H2,1-2H3,(H,17,18). The predicted molar refractivity (Wildman–Crippen MR) is 61.9 cm³/mol. The highest BCUT2D eigenvalue weighted by atomic mass is 19.4. The van der Waals surface area contributed by atoms with Crippen molar-refractivity contribution in [3.8, 4) is 6.07 Å². The quantitative estimate of drug-likeness (QED) is 0.898. The predicted octanol–water partition coefficient (Wildman–Crippen LogP) is 3.43. The Labute approximate surface area is 104 Å². The van der Waals surface area contributed by atoms with E-state index in [0.29, 0.717) is 12.5 Å². The molecule has 0 radical (unpaired) electrons. The van der Waals surface area contributed by atoms with E-state index in [1.165, 1.54) is 0 Å². The zero-order chi connectivity index (χ0) is 13.8. The highest BCUT2D eigenvalue weighted by molar-refractivity contribution is 5.52. The lowest BCUT2D eigenvalue weighted by molar-refractivity contribution is -0.141. The molecule has 0 aliphatic rings. The maximum atomic E-state index is 12.5. The van der Waals surface area contributed by atoms with E-state index in [0.717, 1.165) is 18.6 Å². The maximum absolute atomic E-state index is 12.5. The number of nitrogens with one attached hydrogen (secondary N) is 1. The van der Waals surface area contributed by atoms with Crippen LogP contribution in [-0.2, 0) is 6.18 Å². The summed E-state index contributed by atoms with van der Waals surface area (Å²) in [6.07, 6.45) is -3.60. The molecule has 0 spiro atoms. The Kier molecular flexibility index (Phi) is 4.54. The number of rotatable bonds is 4. The average Bonchev–Trinajstić information content (AvgIpc) is 2.34. The van der Waals surface area contributed by atoms with Gasteiger partial charge in [-0.05, 0) is 18.1 Å². The first-order valence-electron chi connectivity index (χ1n) is 5.60. The van der Waals surface area contributed by atoms with E-state index >= 15 is 0 Å². The first kappa shape index (κ1) is 14.3. The topological polar surface area (TPSA) is 48.7 Å². The van der Waals surface area contributed by atoms with Gasteiger partial charge in [0.2, 0.25) is 0 Å². The van der Waals surface area contributed by atoms with E-state index in [-0.39, 0.29) is 11.4 Å². The molecular formula is C12H14F3N3. The molecule has 0 aliphatic carbocycles. The van der Waals surface area contributed by atoms with Gasteiger partial charge in [-0.1, -0.05) is 20.3 Å². The second kappa shape index (κ2) is 5.71. The monoisotopic (exact) mass is 257 g/mol. The summed E-state index contributed by atoms with van der Waals surface area (Å²) in [5.74, 6) is 0.292. The molecule has 1 aromatic heterocycles. The van der Waals surface area contributed by atoms with Crippen LogP contribution in [0.2, 0.25) is 0 Å². The molecule has 1 rings (SSSR count). The molecule has 1 N–H and O–H groups in total. The Hall–Kier alpha value is -1.77. The van der Waals surface area contributed by atoms with Crippen LogP contribution in [0, 0.1) is 17.2 Å². The van der Waals surface area contributed by atoms with Crippen LogP contribution in [-0.4, -0.2) is 11.5 Å². The normalized spacial score (nSPS) is 12.9. The van der Waals surface area contributed by atoms with Gasteiger partial charge in [-0.25, -0.2) is 4.98 Å². The lowest BCUT2D eigenvalue weighted by atomic mass is 10.1. The summed E-state index contributed by atoms with van der Waals surface area (Å²) in [5, 5.41) is 11.6. The molecule has 1 aromatic rings. The summed E-state index contributed by atoms with van der Waals surface area (Å²) >= 11 is 0. The Morgan fingerprint density at radius 3 is 2.61 bits per heavy atom. The Balaban J connectivity index is 2.97. The van der Waals surface area contributed by atoms with Gasteiger partial charge in [0.15, 0.2) is 0 Å². The molecule has 98 valence electrons. The van der Waals surface area contributed by atoms with Crippen molar-refractivity contribution in [2.45, 2.75) is 26.4 Å². The second-order valence-electron chi connectivity index (χ2n) is 4.10. The number of nitriles is 1. The number of nitrogens with zero attached hydrogens (tertiary/aromatic N) is 2. The van der Waals surface area contributed by atoms with Crippen molar-refractivity contribution in [3.05, 3.63) is 23.4 Å². The lowest BCUT2D eigenvalue weighted by Crippen LogP contribution is -2.15. The Morgan fingerprint density at radius 2 is 2.11 bits per heavy atom. The van der Waals surface area contributed by atoms with Crippen LogP contribution >= 0.6 is 0 Å². The largest absolute Gasteiger partial charge is 0.433 e. The summed E-state index contributed by atoms with van der Waals surface area (Å²) in [6.45, 7) is 4.43. The van der Waals surface area contributed by atoms with Crippen molar-refractivity contribution in [3.63, 3.8) is 0 Å². The summed E-state index contributed by atoms with van der Waals surface area (Å²) < 4.78 is 37.5. The van der Waals surface area contributed by atoms with Crippen molar-refractivity contribution in [1.82, 2.24) is 4.98 Å². The fourth-order valence-electron chi connectivity index (χ4n) is 1.26. The maximum Gasteiger partial charge on any atom is 0.433 e. The number of hydrogen-bond acceptors (Lipinski definition) is 3. The summed E-state index contributed by atoms with van der Waals surface area (Å²) in [7, 11) is 0. The smallest absolute Gasteiger partial charge is 0.369 e. The van der Waals surface area contributed by atoms with Crippen LogP contribution in [0.25, 0.3) is 0 Å². The highest BCUT2D eigenvalue weighted by Gasteiger charge is 2.33. The minimum atomic E-state index is -4.50. The molecular weight excluding hydrogens is 243 g/mol. The van der Waals surface area contributed by atoms with Gasteiger partial charge in [0.25, 0.3) is 0 Å². The molecule has 6 heteroatoms. The zero-order valence-corrected chi connectivity index (χ0v) is 10.2. The molecule has 0 aliphatic heterocycles. The summed E-state index contributed by atoms with van der Waals surface area (Å²) in [4.78, 5) is 3.46. The highest BCUT2D eigenvalue weighted by Crippen LogP contribution is 2.29. The van der Waals surface area contributed by atoms with E-state index in [1.807, 2.05) is 19.9 Å². The first-order valence-corrected chi connectivity index (χ1v) is 5.60. The van der Waals surface area contributed by atoms with Crippen molar-refractivity contribution >= 4 is 5.82 Å². The SMILES string of the molecule is CCC(C)CNc1nc(C(F)(F)F)ccc1C#N. The molecule has 1 unspecified atom stereocenters. The molecule has 0 aromatic carbocycles. The van der Waals surface area contributed by atoms with Gasteiger partial charge in [0, 0.05) is 6.54 Å². The minimum absolute atomic E-state index is 0.00683. The van der Waals surface area contributed by atoms with Gasteiger partial charge in [0.1, 0.15) is 17.6 Å². The third-order valence-corrected chi connectivity index (χ3v) is 2.62. The molecule has 0 saturated heterocycles. The first-order chi connectivity index (χ1) is 8.38. The number of halogens is 3. The average molecular weight is 257 g/mol. The Morgan fingerprint density at radius 1 is 1.44 bits per heavy atom.